The molecule has 1 aromatic rings. The van der Waals surface area contributed by atoms with E-state index in [1.54, 1.807) is 5.38 Å². The Hall–Kier alpha value is -1.96. The molecule has 9 heteroatoms. The number of Topliss-reactive ketones (excluding diaryl/α,β-unsaturated/α-hetero) is 1. The Morgan fingerprint density at radius 2 is 2.07 bits per heavy atom. The van der Waals surface area contributed by atoms with E-state index in [0.29, 0.717) is 11.4 Å². The number of ether oxygens (including phenoxy) is 1. The SMILES string of the molecule is CCC(C)[C@H](N=[N+]=[N-])C(=O)C[C@H](C[C@H](O)c1nc(C(=O)OC)cs1)C(C)C. The van der Waals surface area contributed by atoms with Gasteiger partial charge in [-0.05, 0) is 29.7 Å². The number of carbonyl (C=O) groups is 2. The molecule has 1 rings (SSSR count). The molecule has 1 unspecified atom stereocenters. The van der Waals surface area contributed by atoms with Crippen LogP contribution in [0, 0.1) is 17.8 Å². The summed E-state index contributed by atoms with van der Waals surface area (Å²) >= 11 is 1.18. The summed E-state index contributed by atoms with van der Waals surface area (Å²) in [5.41, 5.74) is 8.92. The number of hydrogen-bond acceptors (Lipinski definition) is 7. The summed E-state index contributed by atoms with van der Waals surface area (Å²) in [6.45, 7) is 7.81. The van der Waals surface area contributed by atoms with Crippen molar-refractivity contribution in [2.45, 2.75) is 59.1 Å². The molecule has 1 N–H and O–H groups in total. The van der Waals surface area contributed by atoms with Crippen molar-refractivity contribution in [2.75, 3.05) is 7.11 Å². The van der Waals surface area contributed by atoms with Crippen LogP contribution in [0.2, 0.25) is 0 Å². The summed E-state index contributed by atoms with van der Waals surface area (Å²) in [5, 5.41) is 16.2. The summed E-state index contributed by atoms with van der Waals surface area (Å²) in [4.78, 5) is 31.1. The molecule has 0 saturated carbocycles. The van der Waals surface area contributed by atoms with Gasteiger partial charge in [-0.3, -0.25) is 4.79 Å². The molecule has 0 fully saturated rings. The van der Waals surface area contributed by atoms with Crippen molar-refractivity contribution >= 4 is 23.1 Å². The molecule has 4 atom stereocenters. The van der Waals surface area contributed by atoms with Gasteiger partial charge in [0.2, 0.25) is 0 Å². The second-order valence-corrected chi connectivity index (χ2v) is 7.91. The third-order valence-corrected chi connectivity index (χ3v) is 5.77. The first-order chi connectivity index (χ1) is 12.7. The normalized spacial score (nSPS) is 15.5. The highest BCUT2D eigenvalue weighted by Gasteiger charge is 2.29. The number of esters is 1. The highest BCUT2D eigenvalue weighted by Crippen LogP contribution is 2.31. The molecule has 1 aromatic heterocycles. The molecule has 0 radical (unpaired) electrons. The molecule has 150 valence electrons. The van der Waals surface area contributed by atoms with Crippen molar-refractivity contribution in [3.05, 3.63) is 26.5 Å². The van der Waals surface area contributed by atoms with E-state index in [1.165, 1.54) is 18.4 Å². The van der Waals surface area contributed by atoms with E-state index in [2.05, 4.69) is 19.7 Å². The highest BCUT2D eigenvalue weighted by atomic mass is 32.1. The molecular weight excluding hydrogens is 368 g/mol. The smallest absolute Gasteiger partial charge is 0.357 e. The van der Waals surface area contributed by atoms with E-state index in [9.17, 15) is 14.7 Å². The van der Waals surface area contributed by atoms with Gasteiger partial charge in [0.25, 0.3) is 0 Å². The van der Waals surface area contributed by atoms with E-state index in [0.717, 1.165) is 6.42 Å². The summed E-state index contributed by atoms with van der Waals surface area (Å²) in [5.74, 6) is -0.646. The largest absolute Gasteiger partial charge is 0.464 e. The fraction of sp³-hybridized carbons (Fsp3) is 0.722. The average Bonchev–Trinajstić information content (AvgIpc) is 3.14. The Kier molecular flexibility index (Phi) is 9.41. The summed E-state index contributed by atoms with van der Waals surface area (Å²) < 4.78 is 4.62. The van der Waals surface area contributed by atoms with Crippen molar-refractivity contribution in [1.82, 2.24) is 4.98 Å². The Bertz CT molecular complexity index is 685. The number of aromatic nitrogens is 1. The molecule has 0 bridgehead atoms. The number of methoxy groups -OCH3 is 1. The highest BCUT2D eigenvalue weighted by molar-refractivity contribution is 7.09. The Labute approximate surface area is 163 Å². The van der Waals surface area contributed by atoms with Gasteiger partial charge >= 0.3 is 5.97 Å². The predicted octanol–water partition coefficient (Wildman–Crippen LogP) is 4.31. The van der Waals surface area contributed by atoms with Gasteiger partial charge in [-0.25, -0.2) is 9.78 Å². The Morgan fingerprint density at radius 3 is 2.59 bits per heavy atom. The van der Waals surface area contributed by atoms with Crippen LogP contribution in [0.5, 0.6) is 0 Å². The number of thiazole rings is 1. The molecule has 0 aliphatic carbocycles. The lowest BCUT2D eigenvalue weighted by Gasteiger charge is -2.25. The molecule has 0 aromatic carbocycles. The molecule has 0 saturated heterocycles. The monoisotopic (exact) mass is 396 g/mol. The zero-order valence-electron chi connectivity index (χ0n) is 16.5. The zero-order valence-corrected chi connectivity index (χ0v) is 17.3. The number of rotatable bonds is 11. The van der Waals surface area contributed by atoms with Crippen LogP contribution in [-0.4, -0.2) is 35.0 Å². The van der Waals surface area contributed by atoms with Crippen LogP contribution < -0.4 is 0 Å². The molecule has 0 aliphatic heterocycles. The Morgan fingerprint density at radius 1 is 1.41 bits per heavy atom. The van der Waals surface area contributed by atoms with Crippen LogP contribution >= 0.6 is 11.3 Å². The summed E-state index contributed by atoms with van der Waals surface area (Å²) in [6, 6.07) is -0.691. The van der Waals surface area contributed by atoms with Crippen LogP contribution in [0.4, 0.5) is 0 Å². The maximum absolute atomic E-state index is 12.7. The van der Waals surface area contributed by atoms with Crippen molar-refractivity contribution in [2.24, 2.45) is 22.9 Å². The number of aliphatic hydroxyl groups is 1. The van der Waals surface area contributed by atoms with Gasteiger partial charge in [0.1, 0.15) is 16.9 Å². The van der Waals surface area contributed by atoms with Crippen molar-refractivity contribution < 1.29 is 19.4 Å². The third-order valence-electron chi connectivity index (χ3n) is 4.82. The van der Waals surface area contributed by atoms with Gasteiger partial charge in [-0.15, -0.1) is 11.3 Å². The number of carbonyl (C=O) groups excluding carboxylic acids is 2. The van der Waals surface area contributed by atoms with Gasteiger partial charge in [0.15, 0.2) is 5.69 Å². The minimum Gasteiger partial charge on any atom is -0.464 e. The van der Waals surface area contributed by atoms with E-state index < -0.39 is 18.1 Å². The fourth-order valence-corrected chi connectivity index (χ4v) is 3.56. The molecule has 0 amide bonds. The summed E-state index contributed by atoms with van der Waals surface area (Å²) in [7, 11) is 1.27. The summed E-state index contributed by atoms with van der Waals surface area (Å²) in [6.07, 6.45) is 0.411. The third kappa shape index (κ3) is 6.61. The lowest BCUT2D eigenvalue weighted by Crippen LogP contribution is -2.29. The minimum absolute atomic E-state index is 0.0345. The zero-order chi connectivity index (χ0) is 20.6. The standard InChI is InChI=1S/C18H28N4O4S/c1-6-11(4)16(21-22-19)14(23)7-12(10(2)3)8-15(24)17-20-13(9-27-17)18(25)26-5/h9-12,15-16,24H,6-8H2,1-5H3/t11?,12-,15+,16+/m1/s1. The fourth-order valence-electron chi connectivity index (χ4n) is 2.77. The van der Waals surface area contributed by atoms with Gasteiger partial charge in [-0.2, -0.15) is 0 Å². The number of nitrogens with zero attached hydrogens (tertiary/aromatic N) is 4. The Balaban J connectivity index is 2.86. The van der Waals surface area contributed by atoms with Crippen LogP contribution in [0.15, 0.2) is 10.5 Å². The molecule has 8 nitrogen and oxygen atoms in total. The lowest BCUT2D eigenvalue weighted by atomic mass is 9.82. The number of hydrogen-bond donors (Lipinski definition) is 1. The van der Waals surface area contributed by atoms with Gasteiger partial charge in [0.05, 0.1) is 13.2 Å². The molecule has 0 spiro atoms. The number of azide groups is 1. The van der Waals surface area contributed by atoms with Crippen LogP contribution in [0.1, 0.15) is 68.6 Å². The maximum atomic E-state index is 12.7. The first-order valence-electron chi connectivity index (χ1n) is 9.03. The van der Waals surface area contributed by atoms with Crippen LogP contribution in [0.25, 0.3) is 10.4 Å². The minimum atomic E-state index is -0.880. The first-order valence-corrected chi connectivity index (χ1v) is 9.91. The number of ketones is 1. The van der Waals surface area contributed by atoms with E-state index in [-0.39, 0.29) is 35.7 Å². The first kappa shape index (κ1) is 23.1. The van der Waals surface area contributed by atoms with E-state index >= 15 is 0 Å². The van der Waals surface area contributed by atoms with Crippen molar-refractivity contribution in [3.8, 4) is 0 Å². The maximum Gasteiger partial charge on any atom is 0.357 e. The molecular formula is C18H28N4O4S. The van der Waals surface area contributed by atoms with E-state index in [1.807, 2.05) is 27.7 Å². The van der Waals surface area contributed by atoms with Crippen LogP contribution in [0.3, 0.4) is 0 Å². The second kappa shape index (κ2) is 11.0. The molecule has 1 heterocycles. The molecule has 0 aliphatic rings. The second-order valence-electron chi connectivity index (χ2n) is 7.02. The average molecular weight is 397 g/mol. The van der Waals surface area contributed by atoms with Crippen molar-refractivity contribution in [1.29, 1.82) is 0 Å². The van der Waals surface area contributed by atoms with Gasteiger partial charge in [-0.1, -0.05) is 39.2 Å². The van der Waals surface area contributed by atoms with Gasteiger partial charge in [0, 0.05) is 16.7 Å². The quantitative estimate of drug-likeness (QED) is 0.258. The topological polar surface area (TPSA) is 125 Å². The van der Waals surface area contributed by atoms with Gasteiger partial charge < -0.3 is 9.84 Å². The van der Waals surface area contributed by atoms with Crippen LogP contribution in [-0.2, 0) is 9.53 Å². The number of aliphatic hydroxyl groups excluding tert-OH is 1. The van der Waals surface area contributed by atoms with E-state index in [4.69, 9.17) is 5.53 Å². The molecule has 27 heavy (non-hydrogen) atoms. The lowest BCUT2D eigenvalue weighted by molar-refractivity contribution is -0.122. The predicted molar refractivity (Wildman–Crippen MR) is 103 cm³/mol. The van der Waals surface area contributed by atoms with Crippen molar-refractivity contribution in [3.63, 3.8) is 0 Å².